The Morgan fingerprint density at radius 3 is 2.42 bits per heavy atom. The zero-order valence-corrected chi connectivity index (χ0v) is 23.2. The highest BCUT2D eigenvalue weighted by Gasteiger charge is 2.35. The predicted octanol–water partition coefficient (Wildman–Crippen LogP) is 5.07. The molecule has 1 unspecified atom stereocenters. The summed E-state index contributed by atoms with van der Waals surface area (Å²) in [4.78, 5) is 16.0. The number of rotatable bonds is 10. The first-order valence-corrected chi connectivity index (χ1v) is 13.8. The van der Waals surface area contributed by atoms with Crippen LogP contribution in [-0.4, -0.2) is 72.4 Å². The number of likely N-dealkylation sites (tertiary alicyclic amines) is 1. The highest BCUT2D eigenvalue weighted by molar-refractivity contribution is 5.82. The van der Waals surface area contributed by atoms with Crippen LogP contribution in [0.1, 0.15) is 58.1 Å². The lowest BCUT2D eigenvalue weighted by Gasteiger charge is -2.30. The molecule has 7 heteroatoms. The maximum Gasteiger partial charge on any atom is 0.391 e. The summed E-state index contributed by atoms with van der Waals surface area (Å²) in [6.07, 6.45) is 5.04. The van der Waals surface area contributed by atoms with Gasteiger partial charge in [0.1, 0.15) is 11.6 Å². The highest BCUT2D eigenvalue weighted by atomic mass is 19.1. The number of nitrogens with zero attached hydrogens (tertiary/aromatic N) is 2. The fourth-order valence-corrected chi connectivity index (χ4v) is 4.98. The first-order chi connectivity index (χ1) is 18.2. The lowest BCUT2D eigenvalue weighted by molar-refractivity contribution is -0.489. The van der Waals surface area contributed by atoms with Crippen LogP contribution in [0, 0.1) is 11.7 Å². The Labute approximate surface area is 226 Å². The van der Waals surface area contributed by atoms with E-state index in [9.17, 15) is 9.18 Å². The van der Waals surface area contributed by atoms with Gasteiger partial charge in [0.05, 0.1) is 25.7 Å². The number of halogens is 1. The minimum Gasteiger partial charge on any atom is -0.493 e. The summed E-state index contributed by atoms with van der Waals surface area (Å²) >= 11 is 0. The van der Waals surface area contributed by atoms with Crippen molar-refractivity contribution in [3.05, 3.63) is 65.5 Å². The highest BCUT2D eigenvalue weighted by Crippen LogP contribution is 2.25. The van der Waals surface area contributed by atoms with Crippen molar-refractivity contribution in [2.45, 2.75) is 71.3 Å². The van der Waals surface area contributed by atoms with Gasteiger partial charge in [0.15, 0.2) is 18.0 Å². The maximum atomic E-state index is 13.6. The summed E-state index contributed by atoms with van der Waals surface area (Å²) in [5, 5.41) is 0. The van der Waals surface area contributed by atoms with Crippen LogP contribution in [0.4, 0.5) is 4.39 Å². The molecular weight excluding hydrogens is 483 g/mol. The Morgan fingerprint density at radius 1 is 1.13 bits per heavy atom. The van der Waals surface area contributed by atoms with Crippen LogP contribution < -0.4 is 4.74 Å². The van der Waals surface area contributed by atoms with E-state index in [1.807, 2.05) is 48.9 Å². The van der Waals surface area contributed by atoms with Crippen LogP contribution in [0.3, 0.4) is 0 Å². The average Bonchev–Trinajstić information content (AvgIpc) is 3.25. The molecule has 0 bridgehead atoms. The molecule has 0 aromatic heterocycles. The van der Waals surface area contributed by atoms with Crippen molar-refractivity contribution in [3.63, 3.8) is 0 Å². The molecule has 2 heterocycles. The molecule has 2 aliphatic rings. The molecule has 0 radical (unpaired) electrons. The predicted molar refractivity (Wildman–Crippen MR) is 146 cm³/mol. The number of piperidine rings is 1. The number of benzene rings is 2. The van der Waals surface area contributed by atoms with Crippen molar-refractivity contribution in [2.75, 3.05) is 32.8 Å². The van der Waals surface area contributed by atoms with Crippen molar-refractivity contribution in [1.82, 2.24) is 4.90 Å². The first kappa shape index (κ1) is 28.4. The molecule has 0 saturated carbocycles. The van der Waals surface area contributed by atoms with E-state index in [1.165, 1.54) is 12.1 Å². The van der Waals surface area contributed by atoms with E-state index in [0.29, 0.717) is 25.6 Å². The fraction of sp³-hybridized carbons (Fsp3) is 0.548. The molecule has 6 nitrogen and oxygen atoms in total. The van der Waals surface area contributed by atoms with Crippen LogP contribution in [0.15, 0.2) is 48.5 Å². The zero-order valence-electron chi connectivity index (χ0n) is 23.2. The van der Waals surface area contributed by atoms with Crippen molar-refractivity contribution in [2.24, 2.45) is 5.92 Å². The standard InChI is InChI=1S/C31H42FN2O4/c1-23(2)21-36-28-11-7-24(8-12-28)19-30(35)34(20-25-5-9-26(32)10-6-25)27-13-16-33(17-14-27)18-15-29-22-37-31(3,4)38-29/h5-12,20,23,27,29H,13-19,21-22H2,1-4H3/q+1. The lowest BCUT2D eigenvalue weighted by Crippen LogP contribution is -2.44. The Morgan fingerprint density at radius 2 is 1.82 bits per heavy atom. The molecule has 0 N–H and O–H groups in total. The van der Waals surface area contributed by atoms with Gasteiger partial charge in [-0.25, -0.2) is 9.18 Å². The Balaban J connectivity index is 1.38. The topological polar surface area (TPSA) is 51.0 Å². The molecule has 1 amide bonds. The minimum absolute atomic E-state index is 0.0439. The molecule has 2 fully saturated rings. The van der Waals surface area contributed by atoms with E-state index in [2.05, 4.69) is 18.7 Å². The van der Waals surface area contributed by atoms with Gasteiger partial charge < -0.3 is 19.1 Å². The normalized spacial score (nSPS) is 20.7. The van der Waals surface area contributed by atoms with Crippen LogP contribution in [0.5, 0.6) is 5.75 Å². The molecule has 1 atom stereocenters. The third kappa shape index (κ3) is 8.45. The molecule has 38 heavy (non-hydrogen) atoms. The van der Waals surface area contributed by atoms with Gasteiger partial charge in [-0.1, -0.05) is 26.0 Å². The van der Waals surface area contributed by atoms with Crippen molar-refractivity contribution in [1.29, 1.82) is 0 Å². The summed E-state index contributed by atoms with van der Waals surface area (Å²) in [7, 11) is 0. The maximum absolute atomic E-state index is 13.6. The van der Waals surface area contributed by atoms with E-state index in [1.54, 1.807) is 12.1 Å². The Kier molecular flexibility index (Phi) is 9.69. The van der Waals surface area contributed by atoms with Crippen molar-refractivity contribution >= 4 is 12.1 Å². The van der Waals surface area contributed by atoms with Gasteiger partial charge in [0.2, 0.25) is 0 Å². The number of hydrogen-bond acceptors (Lipinski definition) is 5. The van der Waals surface area contributed by atoms with Crippen molar-refractivity contribution < 1.29 is 28.0 Å². The fourth-order valence-electron chi connectivity index (χ4n) is 4.98. The zero-order chi connectivity index (χ0) is 27.1. The van der Waals surface area contributed by atoms with E-state index in [-0.39, 0.29) is 23.9 Å². The molecule has 2 aromatic carbocycles. The summed E-state index contributed by atoms with van der Waals surface area (Å²) in [6.45, 7) is 12.2. The number of ether oxygens (including phenoxy) is 3. The third-order valence-electron chi connectivity index (χ3n) is 7.09. The molecular formula is C31H42FN2O4+. The van der Waals surface area contributed by atoms with E-state index in [4.69, 9.17) is 14.2 Å². The van der Waals surface area contributed by atoms with Gasteiger partial charge >= 0.3 is 5.91 Å². The largest absolute Gasteiger partial charge is 0.493 e. The van der Waals surface area contributed by atoms with Gasteiger partial charge in [0.25, 0.3) is 0 Å². The first-order valence-electron chi connectivity index (χ1n) is 13.8. The molecule has 0 aliphatic carbocycles. The third-order valence-corrected chi connectivity index (χ3v) is 7.09. The average molecular weight is 526 g/mol. The number of carbonyl (C=O) groups is 1. The number of carbonyl (C=O) groups excluding carboxylic acids is 1. The van der Waals surface area contributed by atoms with E-state index >= 15 is 0 Å². The number of amides is 1. The Hall–Kier alpha value is -2.61. The molecule has 2 aromatic rings. The minimum atomic E-state index is -0.490. The molecule has 0 spiro atoms. The van der Waals surface area contributed by atoms with Gasteiger partial charge in [-0.15, -0.1) is 0 Å². The monoisotopic (exact) mass is 525 g/mol. The van der Waals surface area contributed by atoms with Crippen LogP contribution in [0.25, 0.3) is 0 Å². The Bertz CT molecular complexity index is 1070. The quantitative estimate of drug-likeness (QED) is 0.320. The summed E-state index contributed by atoms with van der Waals surface area (Å²) < 4.78 is 32.8. The number of hydrogen-bond donors (Lipinski definition) is 0. The summed E-state index contributed by atoms with van der Waals surface area (Å²) in [5.41, 5.74) is 1.77. The van der Waals surface area contributed by atoms with Crippen LogP contribution in [-0.2, 0) is 20.7 Å². The van der Waals surface area contributed by atoms with Gasteiger partial charge in [-0.05, 0) is 68.1 Å². The second-order valence-electron chi connectivity index (χ2n) is 11.3. The molecule has 2 saturated heterocycles. The lowest BCUT2D eigenvalue weighted by atomic mass is 10.0. The van der Waals surface area contributed by atoms with Gasteiger partial charge in [0, 0.05) is 38.0 Å². The van der Waals surface area contributed by atoms with E-state index in [0.717, 1.165) is 55.8 Å². The van der Waals surface area contributed by atoms with Gasteiger partial charge in [-0.3, -0.25) is 0 Å². The van der Waals surface area contributed by atoms with E-state index < -0.39 is 5.79 Å². The van der Waals surface area contributed by atoms with Crippen molar-refractivity contribution in [3.8, 4) is 5.75 Å². The molecule has 206 valence electrons. The second kappa shape index (κ2) is 13.0. The second-order valence-corrected chi connectivity index (χ2v) is 11.3. The van der Waals surface area contributed by atoms with Crippen LogP contribution in [0.2, 0.25) is 0 Å². The van der Waals surface area contributed by atoms with Gasteiger partial charge in [-0.2, -0.15) is 4.58 Å². The SMILES string of the molecule is CC(C)COc1ccc(CC(=O)[N+](=Cc2ccc(F)cc2)C2CCN(CCC3COC(C)(C)O3)CC2)cc1. The summed E-state index contributed by atoms with van der Waals surface area (Å²) in [6, 6.07) is 14.2. The molecule has 4 rings (SSSR count). The van der Waals surface area contributed by atoms with Crippen LogP contribution >= 0.6 is 0 Å². The molecule has 2 aliphatic heterocycles. The smallest absolute Gasteiger partial charge is 0.391 e. The summed E-state index contributed by atoms with van der Waals surface area (Å²) in [5.74, 6) is 0.539.